The summed E-state index contributed by atoms with van der Waals surface area (Å²) in [6, 6.07) is 16.2. The zero-order valence-corrected chi connectivity index (χ0v) is 9.64. The average Bonchev–Trinajstić information content (AvgIpc) is 2.38. The lowest BCUT2D eigenvalue weighted by molar-refractivity contribution is 0.163. The average molecular weight is 249 g/mol. The number of nitrogens with one attached hydrogen (secondary N) is 1. The zero-order chi connectivity index (χ0) is 12.8. The molecule has 0 atom stereocenters. The van der Waals surface area contributed by atoms with Crippen molar-refractivity contribution in [2.24, 2.45) is 0 Å². The van der Waals surface area contributed by atoms with Crippen LogP contribution in [0.15, 0.2) is 54.6 Å². The van der Waals surface area contributed by atoms with Crippen LogP contribution in [-0.4, -0.2) is 13.0 Å². The van der Waals surface area contributed by atoms with Gasteiger partial charge in [0.15, 0.2) is 0 Å². The van der Waals surface area contributed by atoms with E-state index in [2.05, 4.69) is 5.32 Å². The van der Waals surface area contributed by atoms with Gasteiger partial charge in [-0.3, -0.25) is 0 Å². The number of para-hydroxylation sites is 1. The summed E-state index contributed by atoms with van der Waals surface area (Å²) >= 11 is 0. The molecule has 4 heteroatoms. The van der Waals surface area contributed by atoms with E-state index in [1.807, 2.05) is 30.3 Å². The molecule has 0 saturated carbocycles. The van der Waals surface area contributed by atoms with Gasteiger partial charge in [0, 0.05) is 11.8 Å². The number of hydrogen-bond donors (Lipinski definition) is 1. The van der Waals surface area contributed by atoms with E-state index in [1.54, 1.807) is 24.3 Å². The lowest BCUT2D eigenvalue weighted by Crippen LogP contribution is -2.09. The van der Waals surface area contributed by atoms with Gasteiger partial charge in [-0.2, -0.15) is 0 Å². The standard InChI is InChI=1S/C14H13F2NO/c15-14(16)10-17-11-5-4-8-13(9-11)18-12-6-2-1-3-7-12/h1-9,14,17H,10H2. The fourth-order valence-corrected chi connectivity index (χ4v) is 1.49. The minimum absolute atomic E-state index is 0.366. The van der Waals surface area contributed by atoms with Gasteiger partial charge in [0.2, 0.25) is 0 Å². The van der Waals surface area contributed by atoms with E-state index in [4.69, 9.17) is 4.74 Å². The van der Waals surface area contributed by atoms with Crippen LogP contribution in [0.2, 0.25) is 0 Å². The Morgan fingerprint density at radius 1 is 0.944 bits per heavy atom. The lowest BCUT2D eigenvalue weighted by atomic mass is 10.3. The summed E-state index contributed by atoms with van der Waals surface area (Å²) in [6.07, 6.45) is -2.37. The fraction of sp³-hybridized carbons (Fsp3) is 0.143. The Morgan fingerprint density at radius 3 is 2.39 bits per heavy atom. The summed E-state index contributed by atoms with van der Waals surface area (Å²) in [7, 11) is 0. The van der Waals surface area contributed by atoms with Crippen LogP contribution in [0.3, 0.4) is 0 Å². The third kappa shape index (κ3) is 3.73. The quantitative estimate of drug-likeness (QED) is 0.859. The monoisotopic (exact) mass is 249 g/mol. The summed E-state index contributed by atoms with van der Waals surface area (Å²) in [4.78, 5) is 0. The van der Waals surface area contributed by atoms with E-state index in [0.717, 1.165) is 0 Å². The van der Waals surface area contributed by atoms with Crippen LogP contribution in [0.4, 0.5) is 14.5 Å². The minimum atomic E-state index is -2.37. The van der Waals surface area contributed by atoms with Crippen LogP contribution in [0.25, 0.3) is 0 Å². The van der Waals surface area contributed by atoms with E-state index in [9.17, 15) is 8.78 Å². The second kappa shape index (κ2) is 6.00. The highest BCUT2D eigenvalue weighted by Gasteiger charge is 2.03. The van der Waals surface area contributed by atoms with Crippen LogP contribution < -0.4 is 10.1 Å². The van der Waals surface area contributed by atoms with Gasteiger partial charge in [-0.25, -0.2) is 8.78 Å². The normalized spacial score (nSPS) is 10.4. The van der Waals surface area contributed by atoms with Gasteiger partial charge in [0.05, 0.1) is 6.54 Å². The Hall–Kier alpha value is -2.10. The molecule has 0 aliphatic rings. The predicted octanol–water partition coefficient (Wildman–Crippen LogP) is 4.16. The molecular formula is C14H13F2NO. The molecule has 18 heavy (non-hydrogen) atoms. The Labute approximate surface area is 104 Å². The van der Waals surface area contributed by atoms with Gasteiger partial charge in [-0.15, -0.1) is 0 Å². The maximum atomic E-state index is 12.1. The van der Waals surface area contributed by atoms with Gasteiger partial charge in [-0.1, -0.05) is 24.3 Å². The third-order valence-corrected chi connectivity index (χ3v) is 2.27. The van der Waals surface area contributed by atoms with Crippen LogP contribution in [0.1, 0.15) is 0 Å². The predicted molar refractivity (Wildman–Crippen MR) is 67.5 cm³/mol. The molecule has 0 spiro atoms. The molecule has 0 fully saturated rings. The highest BCUT2D eigenvalue weighted by Crippen LogP contribution is 2.23. The van der Waals surface area contributed by atoms with Crippen molar-refractivity contribution in [3.8, 4) is 11.5 Å². The second-order valence-corrected chi connectivity index (χ2v) is 3.71. The third-order valence-electron chi connectivity index (χ3n) is 2.27. The number of halogens is 2. The van der Waals surface area contributed by atoms with Gasteiger partial charge >= 0.3 is 0 Å². The van der Waals surface area contributed by atoms with Gasteiger partial charge in [0.1, 0.15) is 11.5 Å². The first-order chi connectivity index (χ1) is 8.74. The molecule has 0 radical (unpaired) electrons. The first-order valence-corrected chi connectivity index (χ1v) is 5.59. The van der Waals surface area contributed by atoms with Crippen molar-refractivity contribution in [2.45, 2.75) is 6.43 Å². The smallest absolute Gasteiger partial charge is 0.255 e. The lowest BCUT2D eigenvalue weighted by Gasteiger charge is -2.09. The summed E-state index contributed by atoms with van der Waals surface area (Å²) in [5, 5.41) is 2.64. The highest BCUT2D eigenvalue weighted by molar-refractivity contribution is 5.49. The molecule has 2 aromatic carbocycles. The summed E-state index contributed by atoms with van der Waals surface area (Å²) in [6.45, 7) is -0.366. The Kier molecular flexibility index (Phi) is 4.12. The molecule has 2 aromatic rings. The molecule has 0 amide bonds. The van der Waals surface area contributed by atoms with Crippen molar-refractivity contribution in [1.82, 2.24) is 0 Å². The largest absolute Gasteiger partial charge is 0.457 e. The van der Waals surface area contributed by atoms with Crippen molar-refractivity contribution < 1.29 is 13.5 Å². The molecule has 0 saturated heterocycles. The van der Waals surface area contributed by atoms with Crippen molar-refractivity contribution in [2.75, 3.05) is 11.9 Å². The van der Waals surface area contributed by atoms with Crippen molar-refractivity contribution in [3.63, 3.8) is 0 Å². The van der Waals surface area contributed by atoms with Crippen LogP contribution in [0, 0.1) is 0 Å². The second-order valence-electron chi connectivity index (χ2n) is 3.71. The molecule has 0 unspecified atom stereocenters. The fourth-order valence-electron chi connectivity index (χ4n) is 1.49. The first-order valence-electron chi connectivity index (χ1n) is 5.59. The SMILES string of the molecule is FC(F)CNc1cccc(Oc2ccccc2)c1. The number of alkyl halides is 2. The van der Waals surface area contributed by atoms with Crippen molar-refractivity contribution in [3.05, 3.63) is 54.6 Å². The maximum Gasteiger partial charge on any atom is 0.255 e. The van der Waals surface area contributed by atoms with Gasteiger partial charge < -0.3 is 10.1 Å². The van der Waals surface area contributed by atoms with E-state index in [-0.39, 0.29) is 6.54 Å². The van der Waals surface area contributed by atoms with E-state index in [1.165, 1.54) is 0 Å². The topological polar surface area (TPSA) is 21.3 Å². The molecule has 94 valence electrons. The van der Waals surface area contributed by atoms with Crippen LogP contribution >= 0.6 is 0 Å². The molecule has 1 N–H and O–H groups in total. The Balaban J connectivity index is 2.03. The number of hydrogen-bond acceptors (Lipinski definition) is 2. The van der Waals surface area contributed by atoms with E-state index >= 15 is 0 Å². The Bertz CT molecular complexity index is 488. The van der Waals surface area contributed by atoms with Gasteiger partial charge in [0.25, 0.3) is 6.43 Å². The summed E-state index contributed by atoms with van der Waals surface area (Å²) in [5.41, 5.74) is 0.615. The molecule has 0 bridgehead atoms. The van der Waals surface area contributed by atoms with Crippen LogP contribution in [-0.2, 0) is 0 Å². The molecular weight excluding hydrogens is 236 g/mol. The molecule has 0 aromatic heterocycles. The summed E-state index contributed by atoms with van der Waals surface area (Å²) in [5.74, 6) is 1.32. The number of benzene rings is 2. The highest BCUT2D eigenvalue weighted by atomic mass is 19.3. The van der Waals surface area contributed by atoms with Crippen LogP contribution in [0.5, 0.6) is 11.5 Å². The molecule has 0 aliphatic carbocycles. The first kappa shape index (κ1) is 12.4. The molecule has 0 heterocycles. The Morgan fingerprint density at radius 2 is 1.67 bits per heavy atom. The summed E-state index contributed by atoms with van der Waals surface area (Å²) < 4.78 is 29.7. The number of rotatable bonds is 5. The molecule has 2 rings (SSSR count). The van der Waals surface area contributed by atoms with Crippen molar-refractivity contribution in [1.29, 1.82) is 0 Å². The van der Waals surface area contributed by atoms with E-state index in [0.29, 0.717) is 17.2 Å². The zero-order valence-electron chi connectivity index (χ0n) is 9.64. The molecule has 2 nitrogen and oxygen atoms in total. The van der Waals surface area contributed by atoms with Gasteiger partial charge in [-0.05, 0) is 24.3 Å². The maximum absolute atomic E-state index is 12.1. The van der Waals surface area contributed by atoms with E-state index < -0.39 is 6.43 Å². The number of anilines is 1. The molecule has 0 aliphatic heterocycles. The van der Waals surface area contributed by atoms with Crippen molar-refractivity contribution >= 4 is 5.69 Å². The number of ether oxygens (including phenoxy) is 1. The minimum Gasteiger partial charge on any atom is -0.457 e.